The van der Waals surface area contributed by atoms with Crippen LogP contribution in [0.3, 0.4) is 0 Å². The Bertz CT molecular complexity index is 649. The van der Waals surface area contributed by atoms with Gasteiger partial charge in [0.1, 0.15) is 0 Å². The van der Waals surface area contributed by atoms with Crippen molar-refractivity contribution in [1.82, 2.24) is 0 Å². The molecule has 0 saturated carbocycles. The number of carbonyl (C=O) groups is 1. The van der Waals surface area contributed by atoms with Crippen LogP contribution in [0.25, 0.3) is 0 Å². The monoisotopic (exact) mass is 343 g/mol. The van der Waals surface area contributed by atoms with Gasteiger partial charge < -0.3 is 19.5 Å². The molecular weight excluding hydrogens is 328 g/mol. The molecule has 1 N–H and O–H groups in total. The first kappa shape index (κ1) is 17.0. The summed E-state index contributed by atoms with van der Waals surface area (Å²) >= 11 is 1.45. The molecule has 0 aliphatic carbocycles. The summed E-state index contributed by atoms with van der Waals surface area (Å²) in [7, 11) is 2.64. The van der Waals surface area contributed by atoms with E-state index in [2.05, 4.69) is 10.1 Å². The molecule has 0 saturated heterocycles. The van der Waals surface area contributed by atoms with Crippen LogP contribution >= 0.6 is 11.3 Å². The Balaban J connectivity index is 2.25. The quantitative estimate of drug-likeness (QED) is 0.777. The zero-order chi connectivity index (χ0) is 16.8. The van der Waals surface area contributed by atoms with Crippen LogP contribution in [0.4, 0.5) is 14.5 Å². The summed E-state index contributed by atoms with van der Waals surface area (Å²) in [6.45, 7) is -2.95. The normalized spacial score (nSPS) is 11.9. The van der Waals surface area contributed by atoms with E-state index in [9.17, 15) is 13.6 Å². The van der Waals surface area contributed by atoms with E-state index in [1.54, 1.807) is 6.07 Å². The SMILES string of the molecule is COC(=O)C(Nc1ccc(OC(F)F)c(OC)c1)c1ccsc1. The van der Waals surface area contributed by atoms with Gasteiger partial charge in [-0.05, 0) is 34.5 Å². The molecular formula is C15H15F2NO4S. The Kier molecular flexibility index (Phi) is 5.75. The van der Waals surface area contributed by atoms with E-state index >= 15 is 0 Å². The molecule has 1 atom stereocenters. The van der Waals surface area contributed by atoms with Crippen molar-refractivity contribution in [2.24, 2.45) is 0 Å². The average molecular weight is 343 g/mol. The van der Waals surface area contributed by atoms with Crippen molar-refractivity contribution < 1.29 is 27.8 Å². The van der Waals surface area contributed by atoms with Gasteiger partial charge in [-0.2, -0.15) is 20.1 Å². The lowest BCUT2D eigenvalue weighted by molar-refractivity contribution is -0.141. The number of ether oxygens (including phenoxy) is 3. The van der Waals surface area contributed by atoms with E-state index in [4.69, 9.17) is 9.47 Å². The summed E-state index contributed by atoms with van der Waals surface area (Å²) in [5.41, 5.74) is 1.25. The lowest BCUT2D eigenvalue weighted by Gasteiger charge is -2.18. The summed E-state index contributed by atoms with van der Waals surface area (Å²) in [5, 5.41) is 6.66. The largest absolute Gasteiger partial charge is 0.493 e. The zero-order valence-electron chi connectivity index (χ0n) is 12.4. The standard InChI is InChI=1S/C15H15F2NO4S/c1-20-12-7-10(3-4-11(12)22-15(16)17)18-13(14(19)21-2)9-5-6-23-8-9/h3-8,13,15,18H,1-2H3. The smallest absolute Gasteiger partial charge is 0.387 e. The van der Waals surface area contributed by atoms with Crippen molar-refractivity contribution in [3.8, 4) is 11.5 Å². The van der Waals surface area contributed by atoms with Crippen molar-refractivity contribution in [3.05, 3.63) is 40.6 Å². The number of thiophene rings is 1. The van der Waals surface area contributed by atoms with Gasteiger partial charge in [0, 0.05) is 11.8 Å². The maximum absolute atomic E-state index is 12.3. The highest BCUT2D eigenvalue weighted by Gasteiger charge is 2.22. The van der Waals surface area contributed by atoms with Gasteiger partial charge in [0.15, 0.2) is 17.5 Å². The predicted octanol–water partition coefficient (Wildman–Crippen LogP) is 3.68. The Morgan fingerprint density at radius 2 is 2.00 bits per heavy atom. The third-order valence-electron chi connectivity index (χ3n) is 3.00. The van der Waals surface area contributed by atoms with Gasteiger partial charge in [0.05, 0.1) is 14.2 Å². The van der Waals surface area contributed by atoms with E-state index < -0.39 is 18.6 Å². The first-order valence-corrected chi connectivity index (χ1v) is 7.48. The van der Waals surface area contributed by atoms with Crippen molar-refractivity contribution in [1.29, 1.82) is 0 Å². The van der Waals surface area contributed by atoms with Gasteiger partial charge in [-0.1, -0.05) is 0 Å². The van der Waals surface area contributed by atoms with Gasteiger partial charge in [-0.25, -0.2) is 4.79 Å². The molecule has 0 aliphatic rings. The topological polar surface area (TPSA) is 56.8 Å². The third kappa shape index (κ3) is 4.32. The van der Waals surface area contributed by atoms with E-state index in [1.807, 2.05) is 10.8 Å². The van der Waals surface area contributed by atoms with Crippen molar-refractivity contribution in [2.75, 3.05) is 19.5 Å². The number of hydrogen-bond donors (Lipinski definition) is 1. The molecule has 5 nitrogen and oxygen atoms in total. The third-order valence-corrected chi connectivity index (χ3v) is 3.71. The number of anilines is 1. The highest BCUT2D eigenvalue weighted by Crippen LogP contribution is 2.33. The number of nitrogens with one attached hydrogen (secondary N) is 1. The number of carbonyl (C=O) groups excluding carboxylic acids is 1. The van der Waals surface area contributed by atoms with E-state index in [-0.39, 0.29) is 11.5 Å². The van der Waals surface area contributed by atoms with Gasteiger partial charge in [-0.15, -0.1) is 0 Å². The van der Waals surface area contributed by atoms with Crippen LogP contribution < -0.4 is 14.8 Å². The molecule has 1 heterocycles. The van der Waals surface area contributed by atoms with Crippen LogP contribution in [0.5, 0.6) is 11.5 Å². The summed E-state index contributed by atoms with van der Waals surface area (Å²) in [5.74, 6) is -0.419. The number of halogens is 2. The van der Waals surface area contributed by atoms with Crippen LogP contribution in [0.2, 0.25) is 0 Å². The maximum Gasteiger partial charge on any atom is 0.387 e. The predicted molar refractivity (Wildman–Crippen MR) is 82.3 cm³/mol. The Labute approximate surface area is 135 Å². The molecule has 1 aromatic carbocycles. The fraction of sp³-hybridized carbons (Fsp3) is 0.267. The van der Waals surface area contributed by atoms with Gasteiger partial charge in [0.25, 0.3) is 0 Å². The first-order valence-electron chi connectivity index (χ1n) is 6.54. The van der Waals surface area contributed by atoms with Crippen LogP contribution in [0.15, 0.2) is 35.0 Å². The molecule has 8 heteroatoms. The molecule has 2 rings (SSSR count). The summed E-state index contributed by atoms with van der Waals surface area (Å²) in [4.78, 5) is 11.9. The summed E-state index contributed by atoms with van der Waals surface area (Å²) in [6, 6.07) is 5.42. The molecule has 1 aromatic heterocycles. The van der Waals surface area contributed by atoms with Gasteiger partial charge in [0.2, 0.25) is 0 Å². The fourth-order valence-electron chi connectivity index (χ4n) is 1.95. The number of esters is 1. The lowest BCUT2D eigenvalue weighted by atomic mass is 10.1. The van der Waals surface area contributed by atoms with E-state index in [0.717, 1.165) is 5.56 Å². The second kappa shape index (κ2) is 7.77. The molecule has 0 fully saturated rings. The van der Waals surface area contributed by atoms with Crippen molar-refractivity contribution >= 4 is 23.0 Å². The van der Waals surface area contributed by atoms with Crippen LogP contribution in [0.1, 0.15) is 11.6 Å². The molecule has 0 amide bonds. The average Bonchev–Trinajstić information content (AvgIpc) is 3.06. The molecule has 1 unspecified atom stereocenters. The molecule has 124 valence electrons. The van der Waals surface area contributed by atoms with Gasteiger partial charge >= 0.3 is 12.6 Å². The lowest BCUT2D eigenvalue weighted by Crippen LogP contribution is -2.21. The van der Waals surface area contributed by atoms with E-state index in [1.165, 1.54) is 43.8 Å². The molecule has 2 aromatic rings. The molecule has 0 aliphatic heterocycles. The minimum Gasteiger partial charge on any atom is -0.493 e. The van der Waals surface area contributed by atoms with Crippen LogP contribution in [0, 0.1) is 0 Å². The van der Waals surface area contributed by atoms with Crippen molar-refractivity contribution in [2.45, 2.75) is 12.7 Å². The number of hydrogen-bond acceptors (Lipinski definition) is 6. The Hall–Kier alpha value is -2.35. The maximum atomic E-state index is 12.3. The minimum absolute atomic E-state index is 0.0850. The zero-order valence-corrected chi connectivity index (χ0v) is 13.2. The molecule has 0 bridgehead atoms. The number of alkyl halides is 2. The number of benzene rings is 1. The first-order chi connectivity index (χ1) is 11.0. The fourth-order valence-corrected chi connectivity index (χ4v) is 2.64. The minimum atomic E-state index is -2.95. The van der Waals surface area contributed by atoms with E-state index in [0.29, 0.717) is 5.69 Å². The van der Waals surface area contributed by atoms with Gasteiger partial charge in [-0.3, -0.25) is 0 Å². The van der Waals surface area contributed by atoms with Crippen LogP contribution in [-0.4, -0.2) is 26.8 Å². The highest BCUT2D eigenvalue weighted by molar-refractivity contribution is 7.08. The molecule has 0 spiro atoms. The Morgan fingerprint density at radius 1 is 1.22 bits per heavy atom. The molecule has 23 heavy (non-hydrogen) atoms. The molecule has 0 radical (unpaired) electrons. The highest BCUT2D eigenvalue weighted by atomic mass is 32.1. The Morgan fingerprint density at radius 3 is 2.57 bits per heavy atom. The van der Waals surface area contributed by atoms with Crippen molar-refractivity contribution in [3.63, 3.8) is 0 Å². The summed E-state index contributed by atoms with van der Waals surface area (Å²) in [6.07, 6.45) is 0. The summed E-state index contributed by atoms with van der Waals surface area (Å²) < 4.78 is 38.8. The number of methoxy groups -OCH3 is 2. The van der Waals surface area contributed by atoms with Crippen LogP contribution in [-0.2, 0) is 9.53 Å². The second-order valence-corrected chi connectivity index (χ2v) is 5.18. The number of rotatable bonds is 7. The second-order valence-electron chi connectivity index (χ2n) is 4.40.